The highest BCUT2D eigenvalue weighted by molar-refractivity contribution is 7.91. The van der Waals surface area contributed by atoms with Gasteiger partial charge in [-0.25, -0.2) is 8.42 Å². The number of rotatable bonds is 4. The molecule has 1 aromatic heterocycles. The fraction of sp³-hybridized carbons (Fsp3) is 0.100. The summed E-state index contributed by atoms with van der Waals surface area (Å²) in [5, 5.41) is 0.342. The second-order valence-electron chi connectivity index (χ2n) is 6.22. The van der Waals surface area contributed by atoms with Gasteiger partial charge in [0, 0.05) is 16.8 Å². The molecule has 29 heavy (non-hydrogen) atoms. The van der Waals surface area contributed by atoms with Crippen molar-refractivity contribution in [1.82, 2.24) is 4.98 Å². The first-order valence-corrected chi connectivity index (χ1v) is 10.1. The Morgan fingerprint density at radius 3 is 2.14 bits per heavy atom. The SMILES string of the molecule is Cc1ccc(S(=O)(=O)c2cc(C(F)(F)F)cnc2C(=O)c2ccc(Cl)cc2)cc1. The van der Waals surface area contributed by atoms with Gasteiger partial charge in [-0.05, 0) is 49.4 Å². The molecule has 2 aromatic carbocycles. The van der Waals surface area contributed by atoms with E-state index in [1.165, 1.54) is 48.5 Å². The predicted molar refractivity (Wildman–Crippen MR) is 101 cm³/mol. The van der Waals surface area contributed by atoms with Crippen LogP contribution >= 0.6 is 11.6 Å². The molecule has 0 N–H and O–H groups in total. The van der Waals surface area contributed by atoms with Gasteiger partial charge in [0.05, 0.1) is 10.5 Å². The molecule has 0 saturated carbocycles. The van der Waals surface area contributed by atoms with E-state index in [1.54, 1.807) is 6.92 Å². The van der Waals surface area contributed by atoms with Gasteiger partial charge in [0.15, 0.2) is 0 Å². The number of halogens is 4. The van der Waals surface area contributed by atoms with Crippen LogP contribution in [0.4, 0.5) is 13.2 Å². The maximum absolute atomic E-state index is 13.2. The number of pyridine rings is 1. The summed E-state index contributed by atoms with van der Waals surface area (Å²) in [6.45, 7) is 1.73. The smallest absolute Gasteiger partial charge is 0.287 e. The topological polar surface area (TPSA) is 64.1 Å². The van der Waals surface area contributed by atoms with Gasteiger partial charge >= 0.3 is 6.18 Å². The first kappa shape index (κ1) is 21.0. The zero-order chi connectivity index (χ0) is 21.4. The average Bonchev–Trinajstić information content (AvgIpc) is 2.67. The van der Waals surface area contributed by atoms with Gasteiger partial charge in [-0.3, -0.25) is 9.78 Å². The number of carbonyl (C=O) groups is 1. The molecule has 150 valence electrons. The van der Waals surface area contributed by atoms with E-state index in [0.717, 1.165) is 5.56 Å². The lowest BCUT2D eigenvalue weighted by atomic mass is 10.1. The largest absolute Gasteiger partial charge is 0.417 e. The molecule has 0 amide bonds. The summed E-state index contributed by atoms with van der Waals surface area (Å²) in [4.78, 5) is 15.3. The zero-order valence-electron chi connectivity index (χ0n) is 14.9. The van der Waals surface area contributed by atoms with E-state index < -0.39 is 37.9 Å². The van der Waals surface area contributed by atoms with E-state index in [4.69, 9.17) is 11.6 Å². The Kier molecular flexibility index (Phi) is 5.51. The quantitative estimate of drug-likeness (QED) is 0.529. The molecule has 0 spiro atoms. The summed E-state index contributed by atoms with van der Waals surface area (Å²) < 4.78 is 65.6. The number of benzene rings is 2. The number of hydrogen-bond acceptors (Lipinski definition) is 4. The Bertz CT molecular complexity index is 1170. The monoisotopic (exact) mass is 439 g/mol. The van der Waals surface area contributed by atoms with Crippen LogP contribution in [0, 0.1) is 6.92 Å². The van der Waals surface area contributed by atoms with Crippen LogP contribution in [0.2, 0.25) is 5.02 Å². The van der Waals surface area contributed by atoms with E-state index in [1.807, 2.05) is 0 Å². The van der Waals surface area contributed by atoms with E-state index in [9.17, 15) is 26.4 Å². The molecule has 0 aliphatic rings. The van der Waals surface area contributed by atoms with Crippen LogP contribution in [0.15, 0.2) is 70.6 Å². The van der Waals surface area contributed by atoms with Crippen LogP contribution in [0.5, 0.6) is 0 Å². The first-order chi connectivity index (χ1) is 13.5. The third kappa shape index (κ3) is 4.33. The summed E-state index contributed by atoms with van der Waals surface area (Å²) >= 11 is 5.78. The third-order valence-corrected chi connectivity index (χ3v) is 6.16. The number of nitrogens with zero attached hydrogens (tertiary/aromatic N) is 1. The number of aromatic nitrogens is 1. The lowest BCUT2D eigenvalue weighted by Crippen LogP contribution is -2.16. The van der Waals surface area contributed by atoms with Crippen molar-refractivity contribution in [3.05, 3.63) is 88.2 Å². The fourth-order valence-corrected chi connectivity index (χ4v) is 4.11. The lowest BCUT2D eigenvalue weighted by molar-refractivity contribution is -0.138. The van der Waals surface area contributed by atoms with Gasteiger partial charge in [0.25, 0.3) is 0 Å². The first-order valence-electron chi connectivity index (χ1n) is 8.19. The second-order valence-corrected chi connectivity index (χ2v) is 8.58. The van der Waals surface area contributed by atoms with Gasteiger partial charge in [-0.2, -0.15) is 13.2 Å². The molecule has 0 unspecified atom stereocenters. The number of alkyl halides is 3. The number of carbonyl (C=O) groups excluding carboxylic acids is 1. The highest BCUT2D eigenvalue weighted by Gasteiger charge is 2.35. The van der Waals surface area contributed by atoms with Crippen molar-refractivity contribution in [2.24, 2.45) is 0 Å². The van der Waals surface area contributed by atoms with Crippen LogP contribution in [0.25, 0.3) is 0 Å². The van der Waals surface area contributed by atoms with Crippen molar-refractivity contribution >= 4 is 27.2 Å². The average molecular weight is 440 g/mol. The molecule has 1 heterocycles. The summed E-state index contributed by atoms with van der Waals surface area (Å²) in [5.41, 5.74) is -1.05. The van der Waals surface area contributed by atoms with Crippen LogP contribution in [0.1, 0.15) is 27.2 Å². The number of sulfone groups is 1. The van der Waals surface area contributed by atoms with Crippen molar-refractivity contribution in [1.29, 1.82) is 0 Å². The maximum Gasteiger partial charge on any atom is 0.417 e. The van der Waals surface area contributed by atoms with E-state index in [-0.39, 0.29) is 10.5 Å². The maximum atomic E-state index is 13.2. The van der Waals surface area contributed by atoms with Gasteiger partial charge in [-0.15, -0.1) is 0 Å². The molecule has 4 nitrogen and oxygen atoms in total. The van der Waals surface area contributed by atoms with Crippen molar-refractivity contribution in [2.45, 2.75) is 22.9 Å². The van der Waals surface area contributed by atoms with Crippen molar-refractivity contribution < 1.29 is 26.4 Å². The Labute approximate surface area is 169 Å². The van der Waals surface area contributed by atoms with Gasteiger partial charge in [0.1, 0.15) is 10.6 Å². The van der Waals surface area contributed by atoms with Gasteiger partial charge < -0.3 is 0 Å². The molecule has 3 rings (SSSR count). The zero-order valence-corrected chi connectivity index (χ0v) is 16.4. The molecular weight excluding hydrogens is 427 g/mol. The predicted octanol–water partition coefficient (Wildman–Crippen LogP) is 5.13. The molecule has 9 heteroatoms. The fourth-order valence-electron chi connectivity index (χ4n) is 2.56. The van der Waals surface area contributed by atoms with Crippen molar-refractivity contribution in [3.8, 4) is 0 Å². The molecule has 0 bridgehead atoms. The van der Waals surface area contributed by atoms with E-state index in [2.05, 4.69) is 4.98 Å². The molecule has 0 aliphatic heterocycles. The number of aryl methyl sites for hydroxylation is 1. The van der Waals surface area contributed by atoms with Gasteiger partial charge in [-0.1, -0.05) is 29.3 Å². The minimum atomic E-state index is -4.83. The Morgan fingerprint density at radius 2 is 1.59 bits per heavy atom. The Morgan fingerprint density at radius 1 is 1.00 bits per heavy atom. The van der Waals surface area contributed by atoms with Gasteiger partial charge in [0.2, 0.25) is 15.6 Å². The standard InChI is InChI=1S/C20H13ClF3NO3S/c1-12-2-8-16(9-3-12)29(27,28)17-10-14(20(22,23)24)11-25-18(17)19(26)13-4-6-15(21)7-5-13/h2-11H,1H3. The van der Waals surface area contributed by atoms with Crippen LogP contribution in [0.3, 0.4) is 0 Å². The van der Waals surface area contributed by atoms with Crippen LogP contribution < -0.4 is 0 Å². The van der Waals surface area contributed by atoms with Crippen LogP contribution in [-0.4, -0.2) is 19.2 Å². The summed E-state index contributed by atoms with van der Waals surface area (Å²) in [7, 11) is -4.44. The third-order valence-electron chi connectivity index (χ3n) is 4.12. The van der Waals surface area contributed by atoms with Crippen LogP contribution in [-0.2, 0) is 16.0 Å². The molecular formula is C20H13ClF3NO3S. The summed E-state index contributed by atoms with van der Waals surface area (Å²) in [6.07, 6.45) is -4.39. The molecule has 0 fully saturated rings. The summed E-state index contributed by atoms with van der Waals surface area (Å²) in [6, 6.07) is 11.5. The Hall–Kier alpha value is -2.71. The molecule has 0 aliphatic carbocycles. The minimum absolute atomic E-state index is 0.0435. The van der Waals surface area contributed by atoms with Crippen molar-refractivity contribution in [2.75, 3.05) is 0 Å². The highest BCUT2D eigenvalue weighted by Crippen LogP contribution is 2.33. The summed E-state index contributed by atoms with van der Waals surface area (Å²) in [5.74, 6) is -0.832. The van der Waals surface area contributed by atoms with E-state index >= 15 is 0 Å². The molecule has 0 saturated heterocycles. The normalized spacial score (nSPS) is 12.0. The minimum Gasteiger partial charge on any atom is -0.287 e. The van der Waals surface area contributed by atoms with E-state index in [0.29, 0.717) is 17.3 Å². The highest BCUT2D eigenvalue weighted by atomic mass is 35.5. The molecule has 0 atom stereocenters. The second kappa shape index (κ2) is 7.61. The molecule has 3 aromatic rings. The van der Waals surface area contributed by atoms with Crippen molar-refractivity contribution in [3.63, 3.8) is 0 Å². The Balaban J connectivity index is 2.23. The number of ketones is 1. The molecule has 0 radical (unpaired) electrons. The lowest BCUT2D eigenvalue weighted by Gasteiger charge is -2.13. The number of hydrogen-bond donors (Lipinski definition) is 0.